The molecule has 100 valence electrons. The molecule has 0 amide bonds. The quantitative estimate of drug-likeness (QED) is 0.822. The predicted octanol–water partition coefficient (Wildman–Crippen LogP) is 4.12. The molecule has 0 fully saturated rings. The van der Waals surface area contributed by atoms with Gasteiger partial charge in [0.2, 0.25) is 0 Å². The van der Waals surface area contributed by atoms with E-state index in [4.69, 9.17) is 10.4 Å². The molecular weight excluding hydrogens is 256 g/mol. The number of nitrogens with zero attached hydrogens (tertiary/aromatic N) is 1. The first kappa shape index (κ1) is 17.0. The van der Waals surface area contributed by atoms with E-state index in [1.54, 1.807) is 0 Å². The lowest BCUT2D eigenvalue weighted by molar-refractivity contribution is 0.503. The van der Waals surface area contributed by atoms with Crippen molar-refractivity contribution in [1.29, 1.82) is 5.26 Å². The zero-order valence-corrected chi connectivity index (χ0v) is 11.5. The van der Waals surface area contributed by atoms with Gasteiger partial charge < -0.3 is 11.3 Å². The van der Waals surface area contributed by atoms with Gasteiger partial charge >= 0.3 is 0 Å². The first-order valence-electron chi connectivity index (χ1n) is 5.55. The number of thioether (sulfide) groups is 1. The van der Waals surface area contributed by atoms with Crippen molar-refractivity contribution in [2.24, 2.45) is 0 Å². The Bertz CT molecular complexity index is 429. The summed E-state index contributed by atoms with van der Waals surface area (Å²) in [6, 6.07) is 21.2. The number of hydrogen-bond donors (Lipinski definition) is 2. The van der Waals surface area contributed by atoms with Crippen molar-refractivity contribution >= 4 is 11.8 Å². The Morgan fingerprint density at radius 1 is 0.842 bits per heavy atom. The average molecular weight is 274 g/mol. The van der Waals surface area contributed by atoms with Crippen LogP contribution in [0.4, 0.5) is 0 Å². The highest BCUT2D eigenvalue weighted by Crippen LogP contribution is 2.17. The Morgan fingerprint density at radius 2 is 1.16 bits per heavy atom. The lowest BCUT2D eigenvalue weighted by atomic mass is 10.2. The molecule has 0 spiro atoms. The van der Waals surface area contributed by atoms with Crippen LogP contribution < -0.4 is 6.15 Å². The topological polar surface area (TPSA) is 79.0 Å². The molecule has 0 radical (unpaired) electrons. The molecule has 19 heavy (non-hydrogen) atoms. The molecule has 0 unspecified atom stereocenters. The molecular formula is C15H18N2OS. The molecule has 0 saturated heterocycles. The van der Waals surface area contributed by atoms with Gasteiger partial charge in [-0.05, 0) is 11.1 Å². The predicted molar refractivity (Wildman–Crippen MR) is 80.5 cm³/mol. The second-order valence-electron chi connectivity index (χ2n) is 3.56. The molecule has 4 N–H and O–H groups in total. The number of aliphatic hydroxyl groups is 1. The second-order valence-corrected chi connectivity index (χ2v) is 4.55. The normalized spacial score (nSPS) is 8.37. The van der Waals surface area contributed by atoms with E-state index in [1.807, 2.05) is 11.8 Å². The molecule has 0 saturated carbocycles. The van der Waals surface area contributed by atoms with Crippen LogP contribution in [0.1, 0.15) is 11.1 Å². The van der Waals surface area contributed by atoms with E-state index in [0.717, 1.165) is 17.8 Å². The smallest absolute Gasteiger partial charge is 0.283 e. The maximum Gasteiger partial charge on any atom is 0.283 e. The van der Waals surface area contributed by atoms with Gasteiger partial charge in [-0.25, -0.2) is 0 Å². The van der Waals surface area contributed by atoms with Gasteiger partial charge in [-0.2, -0.15) is 17.0 Å². The highest BCUT2D eigenvalue weighted by atomic mass is 32.2. The van der Waals surface area contributed by atoms with Gasteiger partial charge in [-0.15, -0.1) is 0 Å². The molecule has 0 atom stereocenters. The third-order valence-electron chi connectivity index (χ3n) is 2.22. The molecule has 0 aliphatic carbocycles. The number of hydrogen-bond acceptors (Lipinski definition) is 4. The second kappa shape index (κ2) is 11.1. The maximum atomic E-state index is 6.88. The molecule has 4 heteroatoms. The van der Waals surface area contributed by atoms with Gasteiger partial charge in [0.05, 0.1) is 0 Å². The van der Waals surface area contributed by atoms with Crippen molar-refractivity contribution in [2.75, 3.05) is 0 Å². The number of nitriles is 1. The fraction of sp³-hybridized carbons (Fsp3) is 0.133. The zero-order chi connectivity index (χ0) is 13.1. The fourth-order valence-corrected chi connectivity index (χ4v) is 2.39. The number of rotatable bonds is 4. The Kier molecular flexibility index (Phi) is 10.00. The lowest BCUT2D eigenvalue weighted by Gasteiger charge is -2.01. The van der Waals surface area contributed by atoms with E-state index < -0.39 is 0 Å². The van der Waals surface area contributed by atoms with E-state index in [-0.39, 0.29) is 6.15 Å². The van der Waals surface area contributed by atoms with Crippen molar-refractivity contribution in [3.05, 3.63) is 71.8 Å². The van der Waals surface area contributed by atoms with Crippen LogP contribution in [-0.2, 0) is 11.5 Å². The van der Waals surface area contributed by atoms with Crippen LogP contribution in [0.5, 0.6) is 0 Å². The first-order valence-corrected chi connectivity index (χ1v) is 6.71. The molecule has 0 heterocycles. The van der Waals surface area contributed by atoms with E-state index in [2.05, 4.69) is 60.7 Å². The summed E-state index contributed by atoms with van der Waals surface area (Å²) in [5.41, 5.74) is 2.80. The van der Waals surface area contributed by atoms with Crippen molar-refractivity contribution in [2.45, 2.75) is 11.5 Å². The Hall–Kier alpha value is -1.96. The standard InChI is InChI=1S/C14H14S.CHNO.H3N/c1-3-7-13(8-4-1)11-15-12-14-9-5-2-6-10-14;2-1-3;/h1-10H,11-12H2;3H;1H3. The summed E-state index contributed by atoms with van der Waals surface area (Å²) >= 11 is 1.96. The van der Waals surface area contributed by atoms with Crippen molar-refractivity contribution in [3.8, 4) is 6.26 Å². The van der Waals surface area contributed by atoms with Crippen LogP contribution in [0, 0.1) is 11.5 Å². The summed E-state index contributed by atoms with van der Waals surface area (Å²) in [7, 11) is 0. The van der Waals surface area contributed by atoms with Gasteiger partial charge in [0, 0.05) is 11.5 Å². The largest absolute Gasteiger partial charge is 0.443 e. The van der Waals surface area contributed by atoms with Crippen LogP contribution in [-0.4, -0.2) is 5.11 Å². The van der Waals surface area contributed by atoms with E-state index in [9.17, 15) is 0 Å². The first-order chi connectivity index (χ1) is 8.86. The minimum Gasteiger partial charge on any atom is -0.443 e. The molecule has 3 nitrogen and oxygen atoms in total. The van der Waals surface area contributed by atoms with Crippen LogP contribution in [0.2, 0.25) is 0 Å². The van der Waals surface area contributed by atoms with E-state index in [0.29, 0.717) is 0 Å². The van der Waals surface area contributed by atoms with Gasteiger partial charge in [-0.1, -0.05) is 60.7 Å². The Labute approximate surface area is 118 Å². The molecule has 0 aromatic heterocycles. The number of benzene rings is 2. The number of aliphatic hydroxyl groups excluding tert-OH is 1. The Morgan fingerprint density at radius 3 is 1.47 bits per heavy atom. The zero-order valence-electron chi connectivity index (χ0n) is 10.7. The van der Waals surface area contributed by atoms with E-state index >= 15 is 0 Å². The van der Waals surface area contributed by atoms with Crippen LogP contribution in [0.3, 0.4) is 0 Å². The summed E-state index contributed by atoms with van der Waals surface area (Å²) in [5, 5.41) is 13.8. The molecule has 0 aliphatic heterocycles. The molecule has 2 aromatic carbocycles. The van der Waals surface area contributed by atoms with Gasteiger partial charge in [0.15, 0.2) is 0 Å². The summed E-state index contributed by atoms with van der Waals surface area (Å²) < 4.78 is 0. The fourth-order valence-electron chi connectivity index (χ4n) is 1.44. The third kappa shape index (κ3) is 7.87. The summed E-state index contributed by atoms with van der Waals surface area (Å²) in [4.78, 5) is 0. The highest BCUT2D eigenvalue weighted by Gasteiger charge is 1.93. The van der Waals surface area contributed by atoms with E-state index in [1.165, 1.54) is 11.1 Å². The van der Waals surface area contributed by atoms with Crippen LogP contribution in [0.15, 0.2) is 60.7 Å². The van der Waals surface area contributed by atoms with Crippen molar-refractivity contribution in [3.63, 3.8) is 0 Å². The van der Waals surface area contributed by atoms with Gasteiger partial charge in [0.1, 0.15) is 0 Å². The average Bonchev–Trinajstić information content (AvgIpc) is 2.42. The minimum absolute atomic E-state index is 0. The molecule has 2 aromatic rings. The molecule has 2 rings (SSSR count). The van der Waals surface area contributed by atoms with Crippen molar-refractivity contribution in [1.82, 2.24) is 6.15 Å². The summed E-state index contributed by atoms with van der Waals surface area (Å²) in [6.07, 6.45) is 0.750. The Balaban J connectivity index is 0.000000742. The minimum atomic E-state index is 0. The third-order valence-corrected chi connectivity index (χ3v) is 3.30. The lowest BCUT2D eigenvalue weighted by Crippen LogP contribution is -1.82. The summed E-state index contributed by atoms with van der Waals surface area (Å²) in [5.74, 6) is 2.19. The van der Waals surface area contributed by atoms with Crippen LogP contribution in [0.25, 0.3) is 0 Å². The SMILES string of the molecule is N.N#CO.c1ccc(CSCc2ccccc2)cc1. The van der Waals surface area contributed by atoms with Gasteiger partial charge in [-0.3, -0.25) is 0 Å². The van der Waals surface area contributed by atoms with Crippen molar-refractivity contribution < 1.29 is 5.11 Å². The highest BCUT2D eigenvalue weighted by molar-refractivity contribution is 7.97. The van der Waals surface area contributed by atoms with Crippen LogP contribution >= 0.6 is 11.8 Å². The maximum absolute atomic E-state index is 6.88. The molecule has 0 bridgehead atoms. The summed E-state index contributed by atoms with van der Waals surface area (Å²) in [6.45, 7) is 0. The van der Waals surface area contributed by atoms with Gasteiger partial charge in [0.25, 0.3) is 6.26 Å². The monoisotopic (exact) mass is 274 g/mol. The molecule has 0 aliphatic rings.